The van der Waals surface area contributed by atoms with Gasteiger partial charge in [-0.15, -0.1) is 0 Å². The molecule has 1 aromatic carbocycles. The number of hydrogen-bond donors (Lipinski definition) is 2. The lowest BCUT2D eigenvalue weighted by molar-refractivity contribution is -0.132. The molecular formula is C26H31N3O4. The molecular weight excluding hydrogens is 418 g/mol. The van der Waals surface area contributed by atoms with Gasteiger partial charge in [0.25, 0.3) is 5.56 Å². The van der Waals surface area contributed by atoms with Crippen LogP contribution in [0.4, 0.5) is 0 Å². The third-order valence-electron chi connectivity index (χ3n) is 6.51. The topological polar surface area (TPSA) is 94.9 Å². The Balaban J connectivity index is 1.25. The summed E-state index contributed by atoms with van der Waals surface area (Å²) in [6.45, 7) is 4.61. The number of likely N-dealkylation sites (tertiary alicyclic amines) is 1. The van der Waals surface area contributed by atoms with E-state index in [1.165, 1.54) is 0 Å². The molecule has 3 heterocycles. The molecule has 0 saturated carbocycles. The Bertz CT molecular complexity index is 1190. The van der Waals surface area contributed by atoms with E-state index in [1.807, 2.05) is 23.4 Å². The van der Waals surface area contributed by atoms with Gasteiger partial charge in [-0.05, 0) is 57.2 Å². The van der Waals surface area contributed by atoms with Crippen molar-refractivity contribution in [3.05, 3.63) is 76.0 Å². The second-order valence-electron chi connectivity index (χ2n) is 9.42. The van der Waals surface area contributed by atoms with E-state index in [-0.39, 0.29) is 23.2 Å². The number of aromatic amines is 1. The summed E-state index contributed by atoms with van der Waals surface area (Å²) in [4.78, 5) is 42.3. The molecule has 3 aromatic rings. The molecule has 7 heteroatoms. The second kappa shape index (κ2) is 9.35. The molecule has 0 unspecified atom stereocenters. The molecule has 33 heavy (non-hydrogen) atoms. The number of nitrogens with one attached hydrogen (secondary N) is 1. The maximum Gasteiger partial charge on any atom is 0.272 e. The number of rotatable bonds is 7. The van der Waals surface area contributed by atoms with Crippen LogP contribution < -0.4 is 5.56 Å². The number of amides is 1. The van der Waals surface area contributed by atoms with E-state index in [9.17, 15) is 19.5 Å². The van der Waals surface area contributed by atoms with E-state index in [4.69, 9.17) is 0 Å². The smallest absolute Gasteiger partial charge is 0.272 e. The zero-order valence-electron chi connectivity index (χ0n) is 19.2. The normalized spacial score (nSPS) is 15.2. The van der Waals surface area contributed by atoms with Crippen LogP contribution in [0.2, 0.25) is 0 Å². The predicted octanol–water partition coefficient (Wildman–Crippen LogP) is 3.30. The number of piperidine rings is 1. The average Bonchev–Trinajstić information content (AvgIpc) is 3.27. The van der Waals surface area contributed by atoms with Crippen molar-refractivity contribution in [1.82, 2.24) is 14.3 Å². The van der Waals surface area contributed by atoms with Crippen molar-refractivity contribution in [3.63, 3.8) is 0 Å². The van der Waals surface area contributed by atoms with E-state index < -0.39 is 5.60 Å². The maximum absolute atomic E-state index is 12.9. The monoisotopic (exact) mass is 449 g/mol. The van der Waals surface area contributed by atoms with Crippen molar-refractivity contribution in [2.24, 2.45) is 5.92 Å². The van der Waals surface area contributed by atoms with Crippen LogP contribution >= 0.6 is 0 Å². The molecule has 0 radical (unpaired) electrons. The third kappa shape index (κ3) is 5.25. The fourth-order valence-electron chi connectivity index (χ4n) is 4.49. The Morgan fingerprint density at radius 1 is 1.12 bits per heavy atom. The van der Waals surface area contributed by atoms with Crippen molar-refractivity contribution >= 4 is 17.2 Å². The van der Waals surface area contributed by atoms with Crippen LogP contribution in [0.3, 0.4) is 0 Å². The largest absolute Gasteiger partial charge is 0.386 e. The van der Waals surface area contributed by atoms with Crippen molar-refractivity contribution in [3.8, 4) is 0 Å². The first kappa shape index (κ1) is 23.0. The summed E-state index contributed by atoms with van der Waals surface area (Å²) in [5, 5.41) is 10.1. The number of aliphatic hydroxyl groups is 1. The Morgan fingerprint density at radius 3 is 2.48 bits per heavy atom. The molecule has 0 bridgehead atoms. The first-order valence-corrected chi connectivity index (χ1v) is 11.6. The minimum atomic E-state index is -0.933. The maximum atomic E-state index is 12.9. The number of aryl methyl sites for hydroxylation is 1. The van der Waals surface area contributed by atoms with Crippen molar-refractivity contribution in [1.29, 1.82) is 0 Å². The van der Waals surface area contributed by atoms with Crippen LogP contribution in [0, 0.1) is 5.92 Å². The van der Waals surface area contributed by atoms with E-state index in [2.05, 4.69) is 4.98 Å². The Kier molecular flexibility index (Phi) is 6.51. The molecule has 2 aromatic heterocycles. The number of Topliss-reactive ketones (excluding diaryl/α,β-unsaturated/α-hetero) is 1. The fourth-order valence-corrected chi connectivity index (χ4v) is 4.49. The SMILES string of the molecule is CC(C)(O)c1ccc(C(=O)C2CCN(C(=O)CCCc3cn4cccc4c(=O)[nH]3)CC2)cc1. The summed E-state index contributed by atoms with van der Waals surface area (Å²) in [5.74, 6) is 0.119. The molecule has 1 aliphatic heterocycles. The van der Waals surface area contributed by atoms with Crippen molar-refractivity contribution in [2.45, 2.75) is 51.6 Å². The Hall–Kier alpha value is -3.19. The minimum absolute atomic E-state index is 0.0830. The Labute approximate surface area is 193 Å². The van der Waals surface area contributed by atoms with Gasteiger partial charge in [0.2, 0.25) is 5.91 Å². The highest BCUT2D eigenvalue weighted by Gasteiger charge is 2.28. The van der Waals surface area contributed by atoms with Gasteiger partial charge in [0, 0.05) is 49.1 Å². The van der Waals surface area contributed by atoms with Crippen molar-refractivity contribution in [2.75, 3.05) is 13.1 Å². The standard InChI is InChI=1S/C26H31N3O4/c1-26(2,33)20-10-8-18(9-11-20)24(31)19-12-15-28(16-13-19)23(30)7-3-5-21-17-29-14-4-6-22(29)25(32)27-21/h4,6,8-11,14,17,19,33H,3,5,7,12-13,15-16H2,1-2H3,(H,27,32). The average molecular weight is 450 g/mol. The molecule has 1 saturated heterocycles. The van der Waals surface area contributed by atoms with Gasteiger partial charge in [-0.2, -0.15) is 0 Å². The quantitative estimate of drug-likeness (QED) is 0.541. The molecule has 1 fully saturated rings. The predicted molar refractivity (Wildman–Crippen MR) is 126 cm³/mol. The summed E-state index contributed by atoms with van der Waals surface area (Å²) < 4.78 is 1.80. The van der Waals surface area contributed by atoms with Crippen LogP contribution in [0.5, 0.6) is 0 Å². The highest BCUT2D eigenvalue weighted by Crippen LogP contribution is 2.25. The zero-order valence-corrected chi connectivity index (χ0v) is 19.2. The van der Waals surface area contributed by atoms with Gasteiger partial charge in [0.15, 0.2) is 5.78 Å². The van der Waals surface area contributed by atoms with Crippen molar-refractivity contribution < 1.29 is 14.7 Å². The molecule has 0 spiro atoms. The van der Waals surface area contributed by atoms with Crippen LogP contribution in [0.25, 0.3) is 5.52 Å². The van der Waals surface area contributed by atoms with Gasteiger partial charge >= 0.3 is 0 Å². The lowest BCUT2D eigenvalue weighted by Crippen LogP contribution is -2.40. The van der Waals surface area contributed by atoms with E-state index >= 15 is 0 Å². The van der Waals surface area contributed by atoms with Gasteiger partial charge in [-0.1, -0.05) is 24.3 Å². The van der Waals surface area contributed by atoms with Gasteiger partial charge < -0.3 is 19.4 Å². The lowest BCUT2D eigenvalue weighted by atomic mass is 9.87. The molecule has 1 aliphatic rings. The summed E-state index contributed by atoms with van der Waals surface area (Å²) >= 11 is 0. The number of aromatic nitrogens is 2. The molecule has 2 N–H and O–H groups in total. The molecule has 0 atom stereocenters. The van der Waals surface area contributed by atoms with Gasteiger partial charge in [0.1, 0.15) is 5.52 Å². The zero-order chi connectivity index (χ0) is 23.6. The van der Waals surface area contributed by atoms with E-state index in [1.54, 1.807) is 48.6 Å². The summed E-state index contributed by atoms with van der Waals surface area (Å²) in [6.07, 6.45) is 6.77. The molecule has 1 amide bonds. The van der Waals surface area contributed by atoms with Crippen LogP contribution in [0.1, 0.15) is 61.1 Å². The lowest BCUT2D eigenvalue weighted by Gasteiger charge is -2.31. The highest BCUT2D eigenvalue weighted by atomic mass is 16.3. The van der Waals surface area contributed by atoms with Gasteiger partial charge in [-0.25, -0.2) is 0 Å². The molecule has 4 rings (SSSR count). The second-order valence-corrected chi connectivity index (χ2v) is 9.42. The number of nitrogens with zero attached hydrogens (tertiary/aromatic N) is 2. The van der Waals surface area contributed by atoms with E-state index in [0.717, 1.165) is 11.3 Å². The number of carbonyl (C=O) groups excluding carboxylic acids is 2. The minimum Gasteiger partial charge on any atom is -0.386 e. The van der Waals surface area contributed by atoms with Gasteiger partial charge in [0.05, 0.1) is 5.60 Å². The first-order valence-electron chi connectivity index (χ1n) is 11.6. The number of benzene rings is 1. The summed E-state index contributed by atoms with van der Waals surface area (Å²) in [6, 6.07) is 10.8. The molecule has 0 aliphatic carbocycles. The van der Waals surface area contributed by atoms with Crippen LogP contribution in [-0.4, -0.2) is 44.2 Å². The highest BCUT2D eigenvalue weighted by molar-refractivity contribution is 5.98. The third-order valence-corrected chi connectivity index (χ3v) is 6.51. The summed E-state index contributed by atoms with van der Waals surface area (Å²) in [7, 11) is 0. The number of carbonyl (C=O) groups is 2. The Morgan fingerprint density at radius 2 is 1.82 bits per heavy atom. The first-order chi connectivity index (χ1) is 15.7. The molecule has 7 nitrogen and oxygen atoms in total. The fraction of sp³-hybridized carbons (Fsp3) is 0.423. The van der Waals surface area contributed by atoms with Gasteiger partial charge in [-0.3, -0.25) is 14.4 Å². The number of hydrogen-bond acceptors (Lipinski definition) is 4. The number of fused-ring (bicyclic) bond motifs is 1. The summed E-state index contributed by atoms with van der Waals surface area (Å²) in [5.41, 5.74) is 1.80. The van der Waals surface area contributed by atoms with Crippen LogP contribution in [0.15, 0.2) is 53.6 Å². The number of ketones is 1. The number of H-pyrrole nitrogens is 1. The molecule has 174 valence electrons. The van der Waals surface area contributed by atoms with E-state index in [0.29, 0.717) is 56.3 Å². The van der Waals surface area contributed by atoms with Crippen LogP contribution in [-0.2, 0) is 16.8 Å².